The van der Waals surface area contributed by atoms with Gasteiger partial charge in [-0.3, -0.25) is 0 Å². The van der Waals surface area contributed by atoms with Crippen LogP contribution in [0.1, 0.15) is 58.4 Å². The van der Waals surface area contributed by atoms with Crippen LogP contribution in [0.4, 0.5) is 0 Å². The lowest BCUT2D eigenvalue weighted by Crippen LogP contribution is -1.84. The predicted octanol–water partition coefficient (Wildman–Crippen LogP) is 12.3. The normalized spacial score (nSPS) is 12.4. The van der Waals surface area contributed by atoms with Crippen molar-refractivity contribution >= 4 is 58.4 Å². The molecule has 0 heterocycles. The fraction of sp³-hybridized carbons (Fsp3) is 0.0455. The van der Waals surface area contributed by atoms with Gasteiger partial charge in [-0.2, -0.15) is 0 Å². The molecule has 0 amide bonds. The Balaban J connectivity index is 1.17. The van der Waals surface area contributed by atoms with Crippen LogP contribution in [0.5, 0.6) is 0 Å². The van der Waals surface area contributed by atoms with Crippen LogP contribution in [0.2, 0.25) is 0 Å². The molecular formula is C44H36. The van der Waals surface area contributed by atoms with Gasteiger partial charge in [0.1, 0.15) is 0 Å². The first kappa shape index (κ1) is 28.6. The zero-order valence-electron chi connectivity index (χ0n) is 25.3. The highest BCUT2D eigenvalue weighted by Gasteiger charge is 2.03. The van der Waals surface area contributed by atoms with E-state index in [-0.39, 0.29) is 0 Å². The molecule has 0 bridgehead atoms. The topological polar surface area (TPSA) is 0 Å². The highest BCUT2D eigenvalue weighted by molar-refractivity contribution is 5.99. The third kappa shape index (κ3) is 7.12. The van der Waals surface area contributed by atoms with Crippen molar-refractivity contribution in [2.24, 2.45) is 0 Å². The number of rotatable bonds is 8. The Morgan fingerprint density at radius 1 is 0.341 bits per heavy atom. The van der Waals surface area contributed by atoms with Crippen LogP contribution in [0.3, 0.4) is 0 Å². The molecule has 6 aromatic carbocycles. The maximum absolute atomic E-state index is 2.24. The van der Waals surface area contributed by atoms with Crippen molar-refractivity contribution in [1.29, 1.82) is 0 Å². The quantitative estimate of drug-likeness (QED) is 0.161. The number of fused-ring (bicyclic) bond motifs is 1. The summed E-state index contributed by atoms with van der Waals surface area (Å²) in [6.07, 6.45) is 13.3. The number of allylic oxidation sites excluding steroid dienone is 2. The molecule has 0 N–H and O–H groups in total. The van der Waals surface area contributed by atoms with Gasteiger partial charge in [-0.15, -0.1) is 0 Å². The zero-order valence-corrected chi connectivity index (χ0v) is 25.3. The van der Waals surface area contributed by atoms with Gasteiger partial charge in [0.25, 0.3) is 0 Å². The molecule has 0 atom stereocenters. The van der Waals surface area contributed by atoms with Crippen molar-refractivity contribution in [3.63, 3.8) is 0 Å². The van der Waals surface area contributed by atoms with E-state index < -0.39 is 0 Å². The van der Waals surface area contributed by atoms with E-state index in [9.17, 15) is 0 Å². The Hall–Kier alpha value is -5.46. The molecule has 0 aliphatic heterocycles. The van der Waals surface area contributed by atoms with Gasteiger partial charge in [-0.1, -0.05) is 182 Å². The molecule has 6 rings (SSSR count). The molecule has 0 radical (unpaired) electrons. The van der Waals surface area contributed by atoms with Crippen LogP contribution < -0.4 is 0 Å². The van der Waals surface area contributed by atoms with Crippen molar-refractivity contribution in [2.45, 2.75) is 13.8 Å². The van der Waals surface area contributed by atoms with Gasteiger partial charge in [-0.25, -0.2) is 0 Å². The largest absolute Gasteiger partial charge is 0.0622 e. The lowest BCUT2D eigenvalue weighted by Gasteiger charge is -2.07. The van der Waals surface area contributed by atoms with Crippen LogP contribution in [0.15, 0.2) is 146 Å². The van der Waals surface area contributed by atoms with Crippen LogP contribution in [0, 0.1) is 0 Å². The van der Waals surface area contributed by atoms with E-state index in [2.05, 4.69) is 196 Å². The van der Waals surface area contributed by atoms with E-state index >= 15 is 0 Å². The smallest absolute Gasteiger partial charge is 0.0105 e. The summed E-state index contributed by atoms with van der Waals surface area (Å²) < 4.78 is 0. The summed E-state index contributed by atoms with van der Waals surface area (Å²) in [4.78, 5) is 0. The average Bonchev–Trinajstić information content (AvgIpc) is 3.08. The summed E-state index contributed by atoms with van der Waals surface area (Å²) in [6.45, 7) is 4.32. The van der Waals surface area contributed by atoms with Gasteiger partial charge in [0.2, 0.25) is 0 Å². The van der Waals surface area contributed by atoms with E-state index in [1.807, 2.05) is 0 Å². The maximum atomic E-state index is 2.24. The van der Waals surface area contributed by atoms with Gasteiger partial charge in [-0.05, 0) is 80.3 Å². The summed E-state index contributed by atoms with van der Waals surface area (Å²) in [5, 5.41) is 2.50. The second-order valence-corrected chi connectivity index (χ2v) is 11.2. The molecule has 0 unspecified atom stereocenters. The monoisotopic (exact) mass is 564 g/mol. The maximum Gasteiger partial charge on any atom is -0.0105 e. The molecule has 0 heteroatoms. The lowest BCUT2D eigenvalue weighted by atomic mass is 9.97. The van der Waals surface area contributed by atoms with Gasteiger partial charge in [0.15, 0.2) is 0 Å². The molecule has 0 nitrogen and oxygen atoms in total. The van der Waals surface area contributed by atoms with Crippen molar-refractivity contribution in [3.05, 3.63) is 190 Å². The van der Waals surface area contributed by atoms with Crippen LogP contribution in [0.25, 0.3) is 58.4 Å². The molecular weight excluding hydrogens is 528 g/mol. The van der Waals surface area contributed by atoms with Gasteiger partial charge >= 0.3 is 0 Å². The zero-order chi connectivity index (χ0) is 30.1. The molecule has 6 aromatic rings. The van der Waals surface area contributed by atoms with Crippen LogP contribution in [-0.2, 0) is 0 Å². The van der Waals surface area contributed by atoms with E-state index in [1.54, 1.807) is 0 Å². The molecule has 0 aliphatic rings. The molecule has 212 valence electrons. The minimum atomic E-state index is 1.19. The summed E-state index contributed by atoms with van der Waals surface area (Å²) in [7, 11) is 0. The van der Waals surface area contributed by atoms with Crippen LogP contribution in [-0.4, -0.2) is 0 Å². The minimum Gasteiger partial charge on any atom is -0.0622 e. The fourth-order valence-electron chi connectivity index (χ4n) is 5.48. The van der Waals surface area contributed by atoms with Gasteiger partial charge in [0.05, 0.1) is 0 Å². The molecule has 0 aromatic heterocycles. The third-order valence-electron chi connectivity index (χ3n) is 8.00. The Bertz CT molecular complexity index is 1820. The lowest BCUT2D eigenvalue weighted by molar-refractivity contribution is 1.57. The van der Waals surface area contributed by atoms with E-state index in [1.165, 1.54) is 66.4 Å². The molecule has 0 aliphatic carbocycles. The minimum absolute atomic E-state index is 1.19. The SMILES string of the molecule is C/C(=C\c1ccc(/C=C/c2ccc(/C=C/c3ccc(/C=C(\C)c4ccccc4)cc3)c3ccccc23)cc1)c1ccccc1. The van der Waals surface area contributed by atoms with E-state index in [0.717, 1.165) is 0 Å². The van der Waals surface area contributed by atoms with Gasteiger partial charge in [0, 0.05) is 0 Å². The number of hydrogen-bond donors (Lipinski definition) is 0. The first-order chi connectivity index (χ1) is 21.6. The molecule has 0 saturated heterocycles. The second-order valence-electron chi connectivity index (χ2n) is 11.2. The Kier molecular flexibility index (Phi) is 8.90. The molecule has 44 heavy (non-hydrogen) atoms. The molecule has 0 saturated carbocycles. The molecule has 0 spiro atoms. The highest BCUT2D eigenvalue weighted by atomic mass is 14.1. The van der Waals surface area contributed by atoms with Crippen molar-refractivity contribution in [1.82, 2.24) is 0 Å². The second kappa shape index (κ2) is 13.7. The van der Waals surface area contributed by atoms with Crippen molar-refractivity contribution < 1.29 is 0 Å². The van der Waals surface area contributed by atoms with Crippen molar-refractivity contribution in [3.8, 4) is 0 Å². The Morgan fingerprint density at radius 3 is 1.07 bits per heavy atom. The van der Waals surface area contributed by atoms with E-state index in [4.69, 9.17) is 0 Å². The summed E-state index contributed by atoms with van der Waals surface area (Å²) in [5.41, 5.74) is 12.2. The summed E-state index contributed by atoms with van der Waals surface area (Å²) in [5.74, 6) is 0. The molecule has 0 fully saturated rings. The summed E-state index contributed by atoms with van der Waals surface area (Å²) >= 11 is 0. The number of benzene rings is 6. The highest BCUT2D eigenvalue weighted by Crippen LogP contribution is 2.27. The first-order valence-electron chi connectivity index (χ1n) is 15.2. The first-order valence-corrected chi connectivity index (χ1v) is 15.2. The van der Waals surface area contributed by atoms with Gasteiger partial charge < -0.3 is 0 Å². The van der Waals surface area contributed by atoms with Crippen LogP contribution >= 0.6 is 0 Å². The third-order valence-corrected chi connectivity index (χ3v) is 8.00. The fourth-order valence-corrected chi connectivity index (χ4v) is 5.48. The average molecular weight is 565 g/mol. The Labute approximate surface area is 261 Å². The Morgan fingerprint density at radius 2 is 0.682 bits per heavy atom. The van der Waals surface area contributed by atoms with Crippen molar-refractivity contribution in [2.75, 3.05) is 0 Å². The number of hydrogen-bond acceptors (Lipinski definition) is 0. The predicted molar refractivity (Wildman–Crippen MR) is 195 cm³/mol. The summed E-state index contributed by atoms with van der Waals surface area (Å²) in [6, 6.07) is 51.6. The van der Waals surface area contributed by atoms with E-state index in [0.29, 0.717) is 0 Å². The standard InChI is InChI=1S/C44H36/c1-33(39-11-5-3-6-12-39)31-37-21-17-35(18-22-37)25-27-41-29-30-42(44-16-10-9-15-43(41)44)28-26-36-19-23-38(24-20-36)32-34(2)40-13-7-4-8-14-40/h3-32H,1-2H3/b27-25+,28-26+,33-31+,34-32+.